The molecule has 0 radical (unpaired) electrons. The van der Waals surface area contributed by atoms with Crippen LogP contribution in [-0.2, 0) is 10.8 Å². The normalized spacial score (nSPS) is 18.4. The minimum atomic E-state index is -2.33. The molecule has 6 heterocycles. The van der Waals surface area contributed by atoms with Crippen molar-refractivity contribution in [1.82, 2.24) is 8.96 Å². The lowest BCUT2D eigenvalue weighted by Crippen LogP contribution is -2.75. The smallest absolute Gasteiger partial charge is 0.568 e. The molecule has 1 unspecified atom stereocenters. The van der Waals surface area contributed by atoms with Gasteiger partial charge in [0.2, 0.25) is 11.7 Å². The first kappa shape index (κ1) is 33.7. The van der Waals surface area contributed by atoms with Crippen LogP contribution in [0.25, 0.3) is 21.5 Å². The van der Waals surface area contributed by atoms with Crippen LogP contribution >= 0.6 is 0 Å². The van der Waals surface area contributed by atoms with Crippen LogP contribution in [0.5, 0.6) is 5.75 Å². The fraction of sp³-hybridized carbons (Fsp3) is 0.318. The van der Waals surface area contributed by atoms with Crippen molar-refractivity contribution in [3.05, 3.63) is 112 Å². The number of amidine groups is 2. The third-order valence-corrected chi connectivity index (χ3v) is 16.3. The van der Waals surface area contributed by atoms with Crippen molar-refractivity contribution in [3.63, 3.8) is 0 Å². The van der Waals surface area contributed by atoms with Gasteiger partial charge in [-0.05, 0) is 58.4 Å². The number of aromatic nitrogens is 2. The summed E-state index contributed by atoms with van der Waals surface area (Å²) < 4.78 is 15.0. The van der Waals surface area contributed by atoms with Gasteiger partial charge in [0.15, 0.2) is 11.3 Å². The largest absolute Gasteiger partial charge is 0.648 e. The van der Waals surface area contributed by atoms with Gasteiger partial charge in [0, 0.05) is 21.5 Å². The van der Waals surface area contributed by atoms with E-state index in [1.54, 1.807) is 0 Å². The molecule has 2 aromatic heterocycles. The molecule has 10 heteroatoms. The predicted molar refractivity (Wildman–Crippen MR) is 230 cm³/mol. The van der Waals surface area contributed by atoms with Gasteiger partial charge in [0.25, 0.3) is 0 Å². The lowest BCUT2D eigenvalue weighted by molar-refractivity contribution is -0.291. The van der Waals surface area contributed by atoms with Gasteiger partial charge in [-0.15, -0.1) is 0 Å². The monoisotopic (exact) mass is 744 g/mol. The number of benzene rings is 4. The number of aliphatic imine (C=N–C) groups is 1. The molecule has 6 aromatic rings. The van der Waals surface area contributed by atoms with Crippen molar-refractivity contribution in [2.75, 3.05) is 0 Å². The Morgan fingerprint density at radius 1 is 0.574 bits per heavy atom. The van der Waals surface area contributed by atoms with E-state index in [9.17, 15) is 0 Å². The zero-order valence-corrected chi connectivity index (χ0v) is 35.7. The molecule has 4 aliphatic rings. The van der Waals surface area contributed by atoms with Crippen molar-refractivity contribution < 1.29 is 9.14 Å². The Kier molecular flexibility index (Phi) is 6.42. The van der Waals surface area contributed by atoms with Crippen LogP contribution in [0, 0.1) is 0 Å². The van der Waals surface area contributed by atoms with Crippen LogP contribution in [0.3, 0.4) is 0 Å². The second-order valence-corrected chi connectivity index (χ2v) is 30.0. The Labute approximate surface area is 319 Å². The average molecular weight is 745 g/mol. The van der Waals surface area contributed by atoms with E-state index in [4.69, 9.17) is 19.6 Å². The van der Waals surface area contributed by atoms with E-state index in [2.05, 4.69) is 173 Å². The highest BCUT2D eigenvalue weighted by molar-refractivity contribution is 6.98. The van der Waals surface area contributed by atoms with Crippen molar-refractivity contribution in [3.8, 4) is 5.75 Å². The molecule has 0 amide bonds. The molecule has 10 rings (SSSR count). The summed E-state index contributed by atoms with van der Waals surface area (Å²) in [6.45, 7) is 26.2. The minimum absolute atomic E-state index is 0.0872. The van der Waals surface area contributed by atoms with Crippen molar-refractivity contribution in [2.45, 2.75) is 91.7 Å². The Balaban J connectivity index is 1.42. The molecular weight excluding hydrogens is 696 g/mol. The maximum atomic E-state index is 7.97. The number of fused-ring (bicyclic) bond motifs is 9. The molecule has 0 spiro atoms. The molecular formula is C44H49BN6OSi2. The van der Waals surface area contributed by atoms with Crippen LogP contribution in [0.1, 0.15) is 63.8 Å². The third-order valence-electron chi connectivity index (χ3n) is 12.0. The Morgan fingerprint density at radius 3 is 1.57 bits per heavy atom. The van der Waals surface area contributed by atoms with E-state index in [0.29, 0.717) is 0 Å². The summed E-state index contributed by atoms with van der Waals surface area (Å²) in [7, 11) is -3.54. The van der Waals surface area contributed by atoms with Gasteiger partial charge >= 0.3 is 6.75 Å². The molecule has 272 valence electrons. The summed E-state index contributed by atoms with van der Waals surface area (Å²) in [5.41, 5.74) is 6.36. The first-order valence-corrected chi connectivity index (χ1v) is 26.4. The number of nitrogens with zero attached hydrogens (tertiary/aromatic N) is 6. The predicted octanol–water partition coefficient (Wildman–Crippen LogP) is 7.95. The van der Waals surface area contributed by atoms with Crippen molar-refractivity contribution in [1.29, 1.82) is 0 Å². The Morgan fingerprint density at radius 2 is 1.06 bits per heavy atom. The van der Waals surface area contributed by atoms with Gasteiger partial charge in [0.05, 0.1) is 33.0 Å². The third kappa shape index (κ3) is 4.35. The molecule has 0 saturated heterocycles. The lowest BCUT2D eigenvalue weighted by Gasteiger charge is -2.47. The second-order valence-electron chi connectivity index (χ2n) is 19.9. The quantitative estimate of drug-likeness (QED) is 0.169. The van der Waals surface area contributed by atoms with Gasteiger partial charge in [-0.25, -0.2) is 4.99 Å². The Hall–Kier alpha value is -4.80. The van der Waals surface area contributed by atoms with Crippen LogP contribution in [-0.4, -0.2) is 48.0 Å². The molecule has 0 bridgehead atoms. The molecule has 0 N–H and O–H groups in total. The maximum Gasteiger partial charge on any atom is 0.568 e. The van der Waals surface area contributed by atoms with E-state index in [1.165, 1.54) is 21.5 Å². The van der Waals surface area contributed by atoms with Gasteiger partial charge < -0.3 is 18.1 Å². The fourth-order valence-corrected chi connectivity index (χ4v) is 14.4. The topological polar surface area (TPSA) is 59.2 Å². The first-order valence-electron chi connectivity index (χ1n) is 19.4. The van der Waals surface area contributed by atoms with Crippen molar-refractivity contribution >= 4 is 78.1 Å². The summed E-state index contributed by atoms with van der Waals surface area (Å²) >= 11 is 0. The molecule has 0 fully saturated rings. The average Bonchev–Trinajstić information content (AvgIpc) is 3.71. The summed E-state index contributed by atoms with van der Waals surface area (Å²) in [6.07, 6.45) is 0. The zero-order chi connectivity index (χ0) is 38.1. The lowest BCUT2D eigenvalue weighted by atomic mass is 9.75. The van der Waals surface area contributed by atoms with E-state index >= 15 is 0 Å². The molecule has 0 saturated carbocycles. The van der Waals surface area contributed by atoms with Crippen LogP contribution in [0.2, 0.25) is 39.3 Å². The molecule has 0 aliphatic carbocycles. The highest BCUT2D eigenvalue weighted by Crippen LogP contribution is 2.47. The minimum Gasteiger partial charge on any atom is -0.648 e. The van der Waals surface area contributed by atoms with Gasteiger partial charge in [-0.2, -0.15) is 0 Å². The summed E-state index contributed by atoms with van der Waals surface area (Å²) in [5, 5.41) is 7.33. The van der Waals surface area contributed by atoms with Gasteiger partial charge in [-0.1, -0.05) is 144 Å². The SMILES string of the molecule is CC(C)(C)c1cc(O[B-]23n4c5c6ccccc6c4N=c4c6ccccc6c(n42)=NC2=[N+]3C(=N5)c3cc([Si](C)(C)C)c([Si](C)(C)C)cc32)cc(C(C)(C)C)c1. The Bertz CT molecular complexity index is 2870. The maximum absolute atomic E-state index is 7.97. The van der Waals surface area contributed by atoms with E-state index in [0.717, 1.165) is 72.7 Å². The molecule has 4 aromatic carbocycles. The van der Waals surface area contributed by atoms with Crippen LogP contribution in [0.4, 0.5) is 11.6 Å². The molecule has 4 aliphatic heterocycles. The summed E-state index contributed by atoms with van der Waals surface area (Å²) in [4.78, 5) is 16.9. The molecule has 7 nitrogen and oxygen atoms in total. The number of rotatable bonds is 4. The summed E-state index contributed by atoms with van der Waals surface area (Å²) in [5.74, 6) is 4.41. The molecule has 54 heavy (non-hydrogen) atoms. The van der Waals surface area contributed by atoms with Crippen LogP contribution < -0.4 is 26.0 Å². The van der Waals surface area contributed by atoms with Gasteiger partial charge in [0.1, 0.15) is 11.3 Å². The van der Waals surface area contributed by atoms with Gasteiger partial charge in [-0.3, -0.25) is 0 Å². The van der Waals surface area contributed by atoms with Crippen LogP contribution in [0.15, 0.2) is 93.8 Å². The summed E-state index contributed by atoms with van der Waals surface area (Å²) in [6, 6.07) is 29.1. The standard InChI is InChI=1S/C44H49BN6OSi2/c1-43(2,3)26-21-27(44(4,5)6)23-28(22-26)52-45-49-37-29-17-13-15-19-31(29)39(49)47-41-33-24-35(53(7,8)9)36(54(10,11)12)25-34(33)42(51(41)45)48-40-32-20-16-14-18-30(32)38(46-37)50(40)45/h13-25H,1-12H3. The fourth-order valence-electron chi connectivity index (χ4n) is 9.20. The van der Waals surface area contributed by atoms with Crippen molar-refractivity contribution in [2.24, 2.45) is 15.0 Å². The number of hydrogen-bond donors (Lipinski definition) is 0. The first-order chi connectivity index (χ1) is 25.3. The molecule has 1 atom stereocenters. The van der Waals surface area contributed by atoms with E-state index < -0.39 is 22.9 Å². The number of hydrogen-bond acceptors (Lipinski definition) is 4. The highest BCUT2D eigenvalue weighted by atomic mass is 28.3. The highest BCUT2D eigenvalue weighted by Gasteiger charge is 2.59. The second kappa shape index (κ2) is 10.3. The van der Waals surface area contributed by atoms with E-state index in [-0.39, 0.29) is 10.8 Å². The zero-order valence-electron chi connectivity index (χ0n) is 33.7. The van der Waals surface area contributed by atoms with E-state index in [1.807, 2.05) is 0 Å².